The van der Waals surface area contributed by atoms with Crippen LogP contribution in [0.5, 0.6) is 5.75 Å². The van der Waals surface area contributed by atoms with E-state index in [1.54, 1.807) is 13.0 Å². The van der Waals surface area contributed by atoms with E-state index in [2.05, 4.69) is 39.2 Å². The summed E-state index contributed by atoms with van der Waals surface area (Å²) in [7, 11) is 0. The monoisotopic (exact) mass is 330 g/mol. The predicted octanol–water partition coefficient (Wildman–Crippen LogP) is 4.54. The first-order chi connectivity index (χ1) is 11.2. The van der Waals surface area contributed by atoms with Gasteiger partial charge in [0.2, 0.25) is 0 Å². The number of nitrogens with one attached hydrogen (secondary N) is 1. The first-order valence-corrected chi connectivity index (χ1v) is 8.50. The van der Waals surface area contributed by atoms with E-state index in [1.165, 1.54) is 0 Å². The van der Waals surface area contributed by atoms with Crippen molar-refractivity contribution in [2.45, 2.75) is 59.5 Å². The van der Waals surface area contributed by atoms with E-state index in [1.807, 2.05) is 18.2 Å². The van der Waals surface area contributed by atoms with Gasteiger partial charge in [0, 0.05) is 29.9 Å². The zero-order chi connectivity index (χ0) is 18.3. The maximum Gasteiger partial charge on any atom is 0.316 e. The molecule has 0 saturated carbocycles. The number of rotatable bonds is 9. The van der Waals surface area contributed by atoms with E-state index >= 15 is 0 Å². The molecule has 0 aliphatic heterocycles. The number of ether oxygens (including phenoxy) is 1. The van der Waals surface area contributed by atoms with Gasteiger partial charge >= 0.3 is 5.97 Å². The van der Waals surface area contributed by atoms with Crippen LogP contribution in [0.2, 0.25) is 0 Å². The maximum atomic E-state index is 11.8. The molecule has 0 aromatic heterocycles. The van der Waals surface area contributed by atoms with Crippen molar-refractivity contribution in [2.75, 3.05) is 6.54 Å². The Balaban J connectivity index is 2.80. The third kappa shape index (κ3) is 6.28. The van der Waals surface area contributed by atoms with Gasteiger partial charge in [0.25, 0.3) is 0 Å². The summed E-state index contributed by atoms with van der Waals surface area (Å²) < 4.78 is 5.42. The minimum atomic E-state index is -0.409. The third-order valence-corrected chi connectivity index (χ3v) is 3.90. The molecular formula is C20H30N2O2. The number of hydrogen-bond donors (Lipinski definition) is 1. The van der Waals surface area contributed by atoms with E-state index in [0.717, 1.165) is 24.1 Å². The molecule has 4 nitrogen and oxygen atoms in total. The van der Waals surface area contributed by atoms with Gasteiger partial charge in [-0.3, -0.25) is 9.69 Å². The summed E-state index contributed by atoms with van der Waals surface area (Å²) in [5.41, 5.74) is 2.11. The summed E-state index contributed by atoms with van der Waals surface area (Å²) in [6.45, 7) is 15.5. The second kappa shape index (κ2) is 9.38. The van der Waals surface area contributed by atoms with E-state index in [4.69, 9.17) is 10.1 Å². The van der Waals surface area contributed by atoms with Gasteiger partial charge in [0.05, 0.1) is 6.42 Å². The Kier molecular flexibility index (Phi) is 7.86. The van der Waals surface area contributed by atoms with Crippen molar-refractivity contribution in [1.29, 1.82) is 5.41 Å². The van der Waals surface area contributed by atoms with Crippen molar-refractivity contribution in [2.24, 2.45) is 0 Å². The van der Waals surface area contributed by atoms with E-state index < -0.39 is 5.97 Å². The number of benzene rings is 1. The van der Waals surface area contributed by atoms with E-state index in [9.17, 15) is 4.79 Å². The Morgan fingerprint density at radius 3 is 2.33 bits per heavy atom. The van der Waals surface area contributed by atoms with Crippen LogP contribution in [0.3, 0.4) is 0 Å². The smallest absolute Gasteiger partial charge is 0.316 e. The van der Waals surface area contributed by atoms with Crippen LogP contribution in [-0.4, -0.2) is 35.2 Å². The molecular weight excluding hydrogens is 300 g/mol. The second-order valence-corrected chi connectivity index (χ2v) is 6.71. The fourth-order valence-electron chi connectivity index (χ4n) is 2.73. The third-order valence-electron chi connectivity index (χ3n) is 3.90. The molecule has 0 amide bonds. The molecule has 1 rings (SSSR count). The average molecular weight is 330 g/mol. The van der Waals surface area contributed by atoms with Gasteiger partial charge in [-0.05, 0) is 52.7 Å². The molecule has 1 aromatic rings. The minimum Gasteiger partial charge on any atom is -0.426 e. The van der Waals surface area contributed by atoms with Crippen LogP contribution >= 0.6 is 0 Å². The van der Waals surface area contributed by atoms with Crippen molar-refractivity contribution < 1.29 is 9.53 Å². The lowest BCUT2D eigenvalue weighted by atomic mass is 10.0. The zero-order valence-corrected chi connectivity index (χ0v) is 15.6. The SMILES string of the molecule is C=C(CCN(C(C)C)C(C)C)c1ccccc1OC(=O)CC(C)=N. The average Bonchev–Trinajstić information content (AvgIpc) is 2.46. The second-order valence-electron chi connectivity index (χ2n) is 6.71. The van der Waals surface area contributed by atoms with Crippen molar-refractivity contribution in [3.8, 4) is 5.75 Å². The fourth-order valence-corrected chi connectivity index (χ4v) is 2.73. The molecule has 0 aliphatic rings. The summed E-state index contributed by atoms with van der Waals surface area (Å²) in [4.78, 5) is 14.3. The molecule has 0 bridgehead atoms. The topological polar surface area (TPSA) is 53.4 Å². The van der Waals surface area contributed by atoms with Crippen molar-refractivity contribution >= 4 is 17.3 Å². The van der Waals surface area contributed by atoms with Crippen LogP contribution < -0.4 is 4.74 Å². The van der Waals surface area contributed by atoms with Crippen LogP contribution in [0.25, 0.3) is 5.57 Å². The normalized spacial score (nSPS) is 11.2. The van der Waals surface area contributed by atoms with Crippen LogP contribution in [-0.2, 0) is 4.79 Å². The van der Waals surface area contributed by atoms with Crippen molar-refractivity contribution in [1.82, 2.24) is 4.90 Å². The summed E-state index contributed by atoms with van der Waals surface area (Å²) in [5, 5.41) is 7.40. The quantitative estimate of drug-likeness (QED) is 0.411. The number of carbonyl (C=O) groups is 1. The summed E-state index contributed by atoms with van der Waals surface area (Å²) in [6, 6.07) is 8.41. The number of esters is 1. The number of para-hydroxylation sites is 1. The Bertz CT molecular complexity index is 583. The standard InChI is InChI=1S/C20H30N2O2/c1-14(2)22(15(3)4)12-11-16(5)18-9-7-8-10-19(18)24-20(23)13-17(6)21/h7-10,14-15,21H,5,11-13H2,1-4,6H3. The minimum absolute atomic E-state index is 0.00921. The molecule has 0 heterocycles. The maximum absolute atomic E-state index is 11.8. The highest BCUT2D eigenvalue weighted by atomic mass is 16.5. The van der Waals surface area contributed by atoms with Crippen LogP contribution in [0.4, 0.5) is 0 Å². The molecule has 4 heteroatoms. The van der Waals surface area contributed by atoms with Crippen molar-refractivity contribution in [3.05, 3.63) is 36.4 Å². The Morgan fingerprint density at radius 1 is 1.21 bits per heavy atom. The van der Waals surface area contributed by atoms with Gasteiger partial charge in [0.1, 0.15) is 5.75 Å². The summed E-state index contributed by atoms with van der Waals surface area (Å²) in [5.74, 6) is 0.114. The lowest BCUT2D eigenvalue weighted by molar-refractivity contribution is -0.133. The van der Waals surface area contributed by atoms with Crippen molar-refractivity contribution in [3.63, 3.8) is 0 Å². The molecule has 0 aliphatic carbocycles. The lowest BCUT2D eigenvalue weighted by Gasteiger charge is -2.30. The van der Waals surface area contributed by atoms with Gasteiger partial charge in [-0.2, -0.15) is 0 Å². The van der Waals surface area contributed by atoms with Crippen LogP contribution in [0, 0.1) is 5.41 Å². The number of carbonyl (C=O) groups excluding carboxylic acids is 1. The highest BCUT2D eigenvalue weighted by Gasteiger charge is 2.16. The Labute approximate surface area is 146 Å². The van der Waals surface area contributed by atoms with Gasteiger partial charge < -0.3 is 10.1 Å². The largest absolute Gasteiger partial charge is 0.426 e. The van der Waals surface area contributed by atoms with Crippen LogP contribution in [0.1, 0.15) is 53.0 Å². The first kappa shape index (κ1) is 20.1. The number of nitrogens with zero attached hydrogens (tertiary/aromatic N) is 1. The molecule has 0 atom stereocenters. The van der Waals surface area contributed by atoms with Gasteiger partial charge in [-0.15, -0.1) is 0 Å². The zero-order valence-electron chi connectivity index (χ0n) is 15.6. The number of hydrogen-bond acceptors (Lipinski definition) is 4. The highest BCUT2D eigenvalue weighted by Crippen LogP contribution is 2.28. The van der Waals surface area contributed by atoms with Gasteiger partial charge in [0.15, 0.2) is 0 Å². The fraction of sp³-hybridized carbons (Fsp3) is 0.500. The van der Waals surface area contributed by atoms with E-state index in [-0.39, 0.29) is 6.42 Å². The lowest BCUT2D eigenvalue weighted by Crippen LogP contribution is -2.37. The molecule has 0 fully saturated rings. The summed E-state index contributed by atoms with van der Waals surface area (Å²) >= 11 is 0. The molecule has 132 valence electrons. The molecule has 1 N–H and O–H groups in total. The predicted molar refractivity (Wildman–Crippen MR) is 101 cm³/mol. The molecule has 1 aromatic carbocycles. The molecule has 24 heavy (non-hydrogen) atoms. The van der Waals surface area contributed by atoms with E-state index in [0.29, 0.717) is 23.5 Å². The van der Waals surface area contributed by atoms with Gasteiger partial charge in [-0.25, -0.2) is 0 Å². The highest BCUT2D eigenvalue weighted by molar-refractivity contribution is 5.96. The Hall–Kier alpha value is -1.94. The molecule has 0 unspecified atom stereocenters. The summed E-state index contributed by atoms with van der Waals surface area (Å²) in [6.07, 6.45) is 0.823. The van der Waals surface area contributed by atoms with Gasteiger partial charge in [-0.1, -0.05) is 24.8 Å². The van der Waals surface area contributed by atoms with Crippen LogP contribution in [0.15, 0.2) is 30.8 Å². The molecule has 0 saturated heterocycles. The molecule has 0 spiro atoms. The molecule has 0 radical (unpaired) electrons. The first-order valence-electron chi connectivity index (χ1n) is 8.50. The Morgan fingerprint density at radius 2 is 1.79 bits per heavy atom.